The minimum atomic E-state index is -4.30. The van der Waals surface area contributed by atoms with Gasteiger partial charge < -0.3 is 4.74 Å². The fourth-order valence-corrected chi connectivity index (χ4v) is 3.45. The van der Waals surface area contributed by atoms with Crippen LogP contribution >= 0.6 is 0 Å². The minimum absolute atomic E-state index is 0.00523. The van der Waals surface area contributed by atoms with Crippen LogP contribution in [0.5, 0.6) is 5.75 Å². The van der Waals surface area contributed by atoms with Crippen molar-refractivity contribution in [2.75, 3.05) is 0 Å². The van der Waals surface area contributed by atoms with E-state index in [2.05, 4.69) is 0 Å². The van der Waals surface area contributed by atoms with Gasteiger partial charge in [0.2, 0.25) is 0 Å². The molecular formula is C17H28O4S. The van der Waals surface area contributed by atoms with E-state index >= 15 is 0 Å². The van der Waals surface area contributed by atoms with Crippen molar-refractivity contribution in [1.82, 2.24) is 0 Å². The highest BCUT2D eigenvalue weighted by atomic mass is 32.2. The first kappa shape index (κ1) is 19.0. The van der Waals surface area contributed by atoms with Gasteiger partial charge in [0, 0.05) is 5.56 Å². The van der Waals surface area contributed by atoms with Crippen molar-refractivity contribution in [3.8, 4) is 5.75 Å². The highest BCUT2D eigenvalue weighted by Crippen LogP contribution is 2.38. The molecule has 0 bridgehead atoms. The molecule has 126 valence electrons. The summed E-state index contributed by atoms with van der Waals surface area (Å²) in [4.78, 5) is -0.00523. The maximum atomic E-state index is 11.9. The summed E-state index contributed by atoms with van der Waals surface area (Å²) in [5.41, 5.74) is 1.63. The van der Waals surface area contributed by atoms with Crippen LogP contribution in [0.15, 0.2) is 11.0 Å². The maximum Gasteiger partial charge on any atom is 0.295 e. The second-order valence-electron chi connectivity index (χ2n) is 6.57. The van der Waals surface area contributed by atoms with E-state index in [1.807, 2.05) is 47.6 Å². The number of aryl methyl sites for hydroxylation is 1. The van der Waals surface area contributed by atoms with Gasteiger partial charge in [-0.2, -0.15) is 8.42 Å². The van der Waals surface area contributed by atoms with Crippen molar-refractivity contribution in [1.29, 1.82) is 0 Å². The van der Waals surface area contributed by atoms with E-state index in [1.165, 1.54) is 0 Å². The highest BCUT2D eigenvalue weighted by molar-refractivity contribution is 7.86. The highest BCUT2D eigenvalue weighted by Gasteiger charge is 2.28. The van der Waals surface area contributed by atoms with Crippen LogP contribution in [0.2, 0.25) is 0 Å². The average molecular weight is 328 g/mol. The first-order chi connectivity index (χ1) is 9.94. The molecule has 0 fully saturated rings. The molecule has 1 aromatic carbocycles. The van der Waals surface area contributed by atoms with E-state index in [0.29, 0.717) is 16.9 Å². The number of rotatable bonds is 6. The zero-order valence-corrected chi connectivity index (χ0v) is 15.5. The molecule has 22 heavy (non-hydrogen) atoms. The van der Waals surface area contributed by atoms with E-state index in [1.54, 1.807) is 6.92 Å². The van der Waals surface area contributed by atoms with Gasteiger partial charge in [0.05, 0.1) is 0 Å². The van der Waals surface area contributed by atoms with Gasteiger partial charge in [-0.15, -0.1) is 0 Å². The van der Waals surface area contributed by atoms with Crippen LogP contribution in [-0.2, 0) is 10.1 Å². The third-order valence-electron chi connectivity index (χ3n) is 4.30. The zero-order valence-electron chi connectivity index (χ0n) is 14.6. The Hall–Kier alpha value is -1.07. The van der Waals surface area contributed by atoms with Crippen LogP contribution < -0.4 is 4.74 Å². The Kier molecular flexibility index (Phi) is 5.68. The largest absolute Gasteiger partial charge is 0.487 e. The van der Waals surface area contributed by atoms with Crippen LogP contribution in [0.1, 0.15) is 70.1 Å². The Morgan fingerprint density at radius 2 is 1.82 bits per heavy atom. The molecule has 0 aromatic heterocycles. The summed E-state index contributed by atoms with van der Waals surface area (Å²) in [7, 11) is -4.30. The molecule has 0 saturated heterocycles. The number of ether oxygens (including phenoxy) is 1. The minimum Gasteiger partial charge on any atom is -0.487 e. The first-order valence-electron chi connectivity index (χ1n) is 7.75. The third-order valence-corrected chi connectivity index (χ3v) is 5.36. The molecule has 1 rings (SSSR count). The molecule has 1 unspecified atom stereocenters. The number of benzene rings is 1. The third kappa shape index (κ3) is 4.02. The monoisotopic (exact) mass is 328 g/mol. The predicted octanol–water partition coefficient (Wildman–Crippen LogP) is 4.63. The van der Waals surface area contributed by atoms with Crippen LogP contribution in [-0.4, -0.2) is 18.6 Å². The van der Waals surface area contributed by atoms with Gasteiger partial charge in [-0.25, -0.2) is 0 Å². The van der Waals surface area contributed by atoms with Crippen LogP contribution in [0.3, 0.4) is 0 Å². The van der Waals surface area contributed by atoms with Crippen LogP contribution in [0, 0.1) is 13.8 Å². The molecule has 0 amide bonds. The summed E-state index contributed by atoms with van der Waals surface area (Å²) in [6.07, 6.45) is 1.59. The summed E-state index contributed by atoms with van der Waals surface area (Å²) < 4.78 is 39.5. The van der Waals surface area contributed by atoms with Gasteiger partial charge in [0.15, 0.2) is 0 Å². The molecule has 0 aliphatic carbocycles. The first-order valence-corrected chi connectivity index (χ1v) is 9.19. The Morgan fingerprint density at radius 1 is 1.27 bits per heavy atom. The lowest BCUT2D eigenvalue weighted by molar-refractivity contribution is 0.103. The Labute approximate surface area is 134 Å². The summed E-state index contributed by atoms with van der Waals surface area (Å²) in [6.45, 7) is 13.5. The van der Waals surface area contributed by atoms with Crippen molar-refractivity contribution >= 4 is 10.1 Å². The molecule has 0 aliphatic heterocycles. The van der Waals surface area contributed by atoms with E-state index < -0.39 is 15.7 Å². The zero-order chi connectivity index (χ0) is 17.3. The van der Waals surface area contributed by atoms with Crippen molar-refractivity contribution in [3.05, 3.63) is 22.8 Å². The molecule has 1 aromatic rings. The molecule has 0 saturated carbocycles. The van der Waals surface area contributed by atoms with Gasteiger partial charge in [-0.1, -0.05) is 26.8 Å². The van der Waals surface area contributed by atoms with Crippen molar-refractivity contribution in [3.63, 3.8) is 0 Å². The van der Waals surface area contributed by atoms with E-state index in [9.17, 15) is 13.0 Å². The lowest BCUT2D eigenvalue weighted by Gasteiger charge is -2.29. The lowest BCUT2D eigenvalue weighted by atomic mass is 9.94. The molecule has 4 nitrogen and oxygen atoms in total. The molecule has 5 heteroatoms. The SMILES string of the molecule is CCC(C)c1cc(C)c(OC(C)(C)CC)c(C)c1S(=O)(=O)O. The predicted molar refractivity (Wildman–Crippen MR) is 89.4 cm³/mol. The molecule has 0 heterocycles. The summed E-state index contributed by atoms with van der Waals surface area (Å²) in [5.74, 6) is 0.592. The summed E-state index contributed by atoms with van der Waals surface area (Å²) >= 11 is 0. The molecule has 1 atom stereocenters. The normalized spacial score (nSPS) is 14.0. The Balaban J connectivity index is 3.65. The lowest BCUT2D eigenvalue weighted by Crippen LogP contribution is -2.28. The van der Waals surface area contributed by atoms with Gasteiger partial charge in [-0.3, -0.25) is 4.55 Å². The van der Waals surface area contributed by atoms with Crippen LogP contribution in [0.4, 0.5) is 0 Å². The van der Waals surface area contributed by atoms with Crippen molar-refractivity contribution in [2.45, 2.75) is 77.7 Å². The van der Waals surface area contributed by atoms with E-state index in [0.717, 1.165) is 18.4 Å². The molecular weight excluding hydrogens is 300 g/mol. The molecule has 0 aliphatic rings. The second kappa shape index (κ2) is 6.59. The Bertz CT molecular complexity index is 645. The topological polar surface area (TPSA) is 63.6 Å². The maximum absolute atomic E-state index is 11.9. The van der Waals surface area contributed by atoms with E-state index in [4.69, 9.17) is 4.74 Å². The quantitative estimate of drug-likeness (QED) is 0.773. The van der Waals surface area contributed by atoms with Gasteiger partial charge in [0.25, 0.3) is 10.1 Å². The van der Waals surface area contributed by atoms with Crippen molar-refractivity contribution < 1.29 is 17.7 Å². The van der Waals surface area contributed by atoms with Gasteiger partial charge in [0.1, 0.15) is 16.2 Å². The summed E-state index contributed by atoms with van der Waals surface area (Å²) in [5, 5.41) is 0. The van der Waals surface area contributed by atoms with Crippen molar-refractivity contribution in [2.24, 2.45) is 0 Å². The van der Waals surface area contributed by atoms with E-state index in [-0.39, 0.29) is 10.8 Å². The molecule has 1 N–H and O–H groups in total. The standard InChI is InChI=1S/C17H28O4S/c1-8-11(3)14-10-12(4)15(21-17(6,7)9-2)13(5)16(14)22(18,19)20/h10-11H,8-9H2,1-7H3,(H,18,19,20). The number of hydrogen-bond acceptors (Lipinski definition) is 3. The van der Waals surface area contributed by atoms with Crippen LogP contribution in [0.25, 0.3) is 0 Å². The van der Waals surface area contributed by atoms with Gasteiger partial charge in [-0.05, 0) is 57.6 Å². The molecule has 0 radical (unpaired) electrons. The summed E-state index contributed by atoms with van der Waals surface area (Å²) in [6, 6.07) is 1.82. The molecule has 0 spiro atoms. The number of hydrogen-bond donors (Lipinski definition) is 1. The fraction of sp³-hybridized carbons (Fsp3) is 0.647. The second-order valence-corrected chi connectivity index (χ2v) is 7.92. The van der Waals surface area contributed by atoms with Gasteiger partial charge >= 0.3 is 0 Å². The smallest absolute Gasteiger partial charge is 0.295 e. The average Bonchev–Trinajstić information content (AvgIpc) is 2.40. The fourth-order valence-electron chi connectivity index (χ4n) is 2.41. The Morgan fingerprint density at radius 3 is 2.23 bits per heavy atom.